The molecule has 2 heteroatoms. The van der Waals surface area contributed by atoms with Crippen LogP contribution in [0.15, 0.2) is 41.2 Å². The summed E-state index contributed by atoms with van der Waals surface area (Å²) in [6, 6.07) is 0. The summed E-state index contributed by atoms with van der Waals surface area (Å²) < 4.78 is 0. The van der Waals surface area contributed by atoms with Crippen LogP contribution in [0.5, 0.6) is 0 Å². The van der Waals surface area contributed by atoms with Crippen LogP contribution in [0, 0.1) is 0 Å². The largest absolute Gasteiger partial charge is 0.386 e. The maximum absolute atomic E-state index is 3.83. The van der Waals surface area contributed by atoms with Crippen LogP contribution in [0.3, 0.4) is 0 Å². The van der Waals surface area contributed by atoms with Gasteiger partial charge in [0, 0.05) is 7.05 Å². The first kappa shape index (κ1) is 9.69. The quantitative estimate of drug-likeness (QED) is 0.480. The van der Waals surface area contributed by atoms with Crippen molar-refractivity contribution < 1.29 is 0 Å². The number of nitrogens with one attached hydrogen (secondary N) is 1. The molecule has 60 valence electrons. The molecular formula is C9H14N2. The van der Waals surface area contributed by atoms with Crippen LogP contribution in [-0.4, -0.2) is 13.8 Å². The van der Waals surface area contributed by atoms with Gasteiger partial charge in [-0.3, -0.25) is 4.99 Å². The standard InChI is InChI=1S/C9H14N2/c1-5-7-9(11-4)8(6-2)10-3/h5-7,10H,2,4H2,1,3H3/b7-5-,9-8-. The van der Waals surface area contributed by atoms with E-state index in [1.165, 1.54) is 0 Å². The van der Waals surface area contributed by atoms with Gasteiger partial charge < -0.3 is 5.32 Å². The van der Waals surface area contributed by atoms with Crippen LogP contribution < -0.4 is 5.32 Å². The van der Waals surface area contributed by atoms with Gasteiger partial charge in [0.25, 0.3) is 0 Å². The Morgan fingerprint density at radius 1 is 1.55 bits per heavy atom. The van der Waals surface area contributed by atoms with Crippen molar-refractivity contribution in [2.24, 2.45) is 4.99 Å². The highest BCUT2D eigenvalue weighted by Gasteiger charge is 1.92. The fourth-order valence-corrected chi connectivity index (χ4v) is 0.720. The number of rotatable bonds is 4. The molecule has 11 heavy (non-hydrogen) atoms. The molecular weight excluding hydrogens is 136 g/mol. The molecule has 2 nitrogen and oxygen atoms in total. The zero-order chi connectivity index (χ0) is 8.69. The van der Waals surface area contributed by atoms with Gasteiger partial charge in [0.2, 0.25) is 0 Å². The smallest absolute Gasteiger partial charge is 0.0850 e. The fraction of sp³-hybridized carbons (Fsp3) is 0.222. The maximum atomic E-state index is 3.83. The van der Waals surface area contributed by atoms with E-state index in [4.69, 9.17) is 0 Å². The van der Waals surface area contributed by atoms with E-state index in [0.717, 1.165) is 11.4 Å². The number of likely N-dealkylation sites (N-methyl/N-ethyl adjacent to an activating group) is 1. The van der Waals surface area contributed by atoms with Crippen LogP contribution in [0.25, 0.3) is 0 Å². The van der Waals surface area contributed by atoms with Crippen molar-refractivity contribution in [3.8, 4) is 0 Å². The Morgan fingerprint density at radius 2 is 2.18 bits per heavy atom. The third kappa shape index (κ3) is 2.85. The Balaban J connectivity index is 4.75. The zero-order valence-electron chi connectivity index (χ0n) is 7.09. The van der Waals surface area contributed by atoms with Gasteiger partial charge in [-0.25, -0.2) is 0 Å². The molecule has 0 heterocycles. The molecule has 0 atom stereocenters. The SMILES string of the molecule is C=C/C(NC)=C(\C=C/C)N=C. The topological polar surface area (TPSA) is 24.4 Å². The molecule has 0 bridgehead atoms. The third-order valence-electron chi connectivity index (χ3n) is 1.24. The first-order valence-corrected chi connectivity index (χ1v) is 3.44. The second-order valence-electron chi connectivity index (χ2n) is 1.91. The molecule has 0 amide bonds. The van der Waals surface area contributed by atoms with E-state index in [0.29, 0.717) is 0 Å². The monoisotopic (exact) mass is 150 g/mol. The Hall–Kier alpha value is -1.31. The molecule has 0 unspecified atom stereocenters. The number of hydrogen-bond acceptors (Lipinski definition) is 2. The van der Waals surface area contributed by atoms with Crippen molar-refractivity contribution in [1.29, 1.82) is 0 Å². The minimum Gasteiger partial charge on any atom is -0.386 e. The predicted molar refractivity (Wildman–Crippen MR) is 50.6 cm³/mol. The molecule has 0 aromatic rings. The van der Waals surface area contributed by atoms with Crippen LogP contribution in [-0.2, 0) is 0 Å². The summed E-state index contributed by atoms with van der Waals surface area (Å²) >= 11 is 0. The summed E-state index contributed by atoms with van der Waals surface area (Å²) in [5, 5.41) is 2.96. The normalized spacial score (nSPS) is 12.5. The first-order chi connectivity index (χ1) is 5.29. The van der Waals surface area contributed by atoms with E-state index in [9.17, 15) is 0 Å². The summed E-state index contributed by atoms with van der Waals surface area (Å²) in [6.07, 6.45) is 5.50. The van der Waals surface area contributed by atoms with Crippen molar-refractivity contribution in [1.82, 2.24) is 5.32 Å². The minimum atomic E-state index is 0.810. The molecule has 0 rings (SSSR count). The third-order valence-corrected chi connectivity index (χ3v) is 1.24. The number of aliphatic imine (C=N–C) groups is 1. The van der Waals surface area contributed by atoms with Crippen molar-refractivity contribution in [2.75, 3.05) is 7.05 Å². The van der Waals surface area contributed by atoms with Gasteiger partial charge in [0.05, 0.1) is 11.4 Å². The van der Waals surface area contributed by atoms with E-state index < -0.39 is 0 Å². The first-order valence-electron chi connectivity index (χ1n) is 3.44. The second-order valence-corrected chi connectivity index (χ2v) is 1.91. The molecule has 0 aliphatic rings. The highest BCUT2D eigenvalue weighted by molar-refractivity contribution is 5.38. The molecule has 0 saturated carbocycles. The molecule has 0 saturated heterocycles. The van der Waals surface area contributed by atoms with Crippen molar-refractivity contribution in [2.45, 2.75) is 6.92 Å². The van der Waals surface area contributed by atoms with Gasteiger partial charge in [-0.1, -0.05) is 12.7 Å². The molecule has 0 spiro atoms. The minimum absolute atomic E-state index is 0.810. The number of hydrogen-bond donors (Lipinski definition) is 1. The zero-order valence-corrected chi connectivity index (χ0v) is 7.09. The van der Waals surface area contributed by atoms with Crippen LogP contribution in [0.4, 0.5) is 0 Å². The Morgan fingerprint density at radius 3 is 2.45 bits per heavy atom. The lowest BCUT2D eigenvalue weighted by atomic mass is 10.3. The molecule has 0 aromatic carbocycles. The van der Waals surface area contributed by atoms with Gasteiger partial charge in [0.1, 0.15) is 0 Å². The molecule has 1 N–H and O–H groups in total. The highest BCUT2D eigenvalue weighted by atomic mass is 14.9. The van der Waals surface area contributed by atoms with E-state index >= 15 is 0 Å². The molecule has 0 aromatic heterocycles. The van der Waals surface area contributed by atoms with E-state index in [1.807, 2.05) is 26.1 Å². The summed E-state index contributed by atoms with van der Waals surface area (Å²) in [5.41, 5.74) is 1.70. The van der Waals surface area contributed by atoms with Crippen LogP contribution in [0.1, 0.15) is 6.92 Å². The molecule has 0 aliphatic carbocycles. The lowest BCUT2D eigenvalue weighted by Gasteiger charge is -2.01. The summed E-state index contributed by atoms with van der Waals surface area (Å²) in [7, 11) is 1.83. The van der Waals surface area contributed by atoms with Gasteiger partial charge >= 0.3 is 0 Å². The summed E-state index contributed by atoms with van der Waals surface area (Å²) in [5.74, 6) is 0. The lowest BCUT2D eigenvalue weighted by Crippen LogP contribution is -2.04. The Bertz CT molecular complexity index is 200. The van der Waals surface area contributed by atoms with Gasteiger partial charge in [-0.05, 0) is 25.8 Å². The highest BCUT2D eigenvalue weighted by Crippen LogP contribution is 2.04. The van der Waals surface area contributed by atoms with Crippen molar-refractivity contribution in [3.63, 3.8) is 0 Å². The van der Waals surface area contributed by atoms with E-state index in [2.05, 4.69) is 23.6 Å². The van der Waals surface area contributed by atoms with Gasteiger partial charge in [-0.2, -0.15) is 0 Å². The second kappa shape index (κ2) is 5.47. The van der Waals surface area contributed by atoms with E-state index in [-0.39, 0.29) is 0 Å². The van der Waals surface area contributed by atoms with Crippen LogP contribution in [0.2, 0.25) is 0 Å². The number of nitrogens with zero attached hydrogens (tertiary/aromatic N) is 1. The van der Waals surface area contributed by atoms with Crippen LogP contribution >= 0.6 is 0 Å². The Kier molecular flexibility index (Phi) is 4.82. The van der Waals surface area contributed by atoms with Gasteiger partial charge in [0.15, 0.2) is 0 Å². The summed E-state index contributed by atoms with van der Waals surface area (Å²) in [6.45, 7) is 9.02. The summed E-state index contributed by atoms with van der Waals surface area (Å²) in [4.78, 5) is 3.83. The molecule has 0 radical (unpaired) electrons. The fourth-order valence-electron chi connectivity index (χ4n) is 0.720. The molecule has 0 aliphatic heterocycles. The number of allylic oxidation sites excluding steroid dienone is 3. The lowest BCUT2D eigenvalue weighted by molar-refractivity contribution is 1.01. The average molecular weight is 150 g/mol. The van der Waals surface area contributed by atoms with E-state index in [1.54, 1.807) is 6.08 Å². The predicted octanol–water partition coefficient (Wildman–Crippen LogP) is 1.88. The van der Waals surface area contributed by atoms with Crippen molar-refractivity contribution in [3.05, 3.63) is 36.2 Å². The average Bonchev–Trinajstić information content (AvgIpc) is 2.05. The Labute approximate surface area is 68.0 Å². The molecule has 0 fully saturated rings. The maximum Gasteiger partial charge on any atom is 0.0850 e. The van der Waals surface area contributed by atoms with Gasteiger partial charge in [-0.15, -0.1) is 0 Å². The van der Waals surface area contributed by atoms with Crippen molar-refractivity contribution >= 4 is 6.72 Å².